The fraction of sp³-hybridized carbons (Fsp3) is 0.429. The lowest BCUT2D eigenvalue weighted by atomic mass is 10.1. The zero-order chi connectivity index (χ0) is 20.4. The van der Waals surface area contributed by atoms with E-state index in [1.54, 1.807) is 19.4 Å². The van der Waals surface area contributed by atoms with Crippen LogP contribution in [0.4, 0.5) is 0 Å². The van der Waals surface area contributed by atoms with E-state index < -0.39 is 0 Å². The molecule has 0 bridgehead atoms. The zero-order valence-electron chi connectivity index (χ0n) is 17.0. The maximum atomic E-state index is 12.0. The first-order valence-corrected chi connectivity index (χ1v) is 9.51. The number of guanidine groups is 1. The summed E-state index contributed by atoms with van der Waals surface area (Å²) in [6.45, 7) is 7.22. The molecule has 3 N–H and O–H groups in total. The lowest BCUT2D eigenvalue weighted by Gasteiger charge is -2.18. The fourth-order valence-corrected chi connectivity index (χ4v) is 2.44. The van der Waals surface area contributed by atoms with Crippen LogP contribution < -0.4 is 20.7 Å². The van der Waals surface area contributed by atoms with Crippen LogP contribution in [0.15, 0.2) is 46.0 Å². The highest BCUT2D eigenvalue weighted by atomic mass is 16.5. The van der Waals surface area contributed by atoms with Gasteiger partial charge in [0.2, 0.25) is 5.91 Å². The molecule has 7 heteroatoms. The molecule has 2 aromatic rings. The summed E-state index contributed by atoms with van der Waals surface area (Å²) in [7, 11) is 1.67. The number of carbonyl (C=O) groups is 1. The van der Waals surface area contributed by atoms with Gasteiger partial charge in [0.15, 0.2) is 5.96 Å². The number of nitrogens with one attached hydrogen (secondary N) is 3. The minimum absolute atomic E-state index is 0.116. The Bertz CT molecular complexity index is 772. The van der Waals surface area contributed by atoms with Gasteiger partial charge in [-0.25, -0.2) is 0 Å². The molecule has 0 saturated carbocycles. The second kappa shape index (κ2) is 11.0. The molecular weight excluding hydrogens is 356 g/mol. The molecule has 0 aliphatic heterocycles. The monoisotopic (exact) mass is 386 g/mol. The molecule has 0 saturated heterocycles. The Morgan fingerprint density at radius 3 is 2.71 bits per heavy atom. The lowest BCUT2D eigenvalue weighted by molar-refractivity contribution is -0.120. The summed E-state index contributed by atoms with van der Waals surface area (Å²) < 4.78 is 11.2. The fourth-order valence-electron chi connectivity index (χ4n) is 2.44. The van der Waals surface area contributed by atoms with Crippen molar-refractivity contribution in [1.29, 1.82) is 0 Å². The maximum Gasteiger partial charge on any atom is 0.239 e. The lowest BCUT2D eigenvalue weighted by Crippen LogP contribution is -2.42. The van der Waals surface area contributed by atoms with Crippen molar-refractivity contribution in [2.24, 2.45) is 4.99 Å². The Balaban J connectivity index is 1.84. The number of aryl methyl sites for hydroxylation is 1. The highest BCUT2D eigenvalue weighted by Crippen LogP contribution is 2.22. The van der Waals surface area contributed by atoms with E-state index in [1.165, 1.54) is 0 Å². The summed E-state index contributed by atoms with van der Waals surface area (Å²) >= 11 is 0. The number of amides is 1. The van der Waals surface area contributed by atoms with Crippen molar-refractivity contribution in [1.82, 2.24) is 16.0 Å². The standard InChI is InChI=1S/C21H30N4O3/c1-5-16(3)28-19-11-15(2)8-9-17(19)12-24-21(22-4)25-14-20(26)23-13-18-7-6-10-27-18/h6-11,16H,5,12-14H2,1-4H3,(H,23,26)(H2,22,24,25). The Morgan fingerprint density at radius 2 is 2.04 bits per heavy atom. The van der Waals surface area contributed by atoms with Gasteiger partial charge in [-0.05, 0) is 44.0 Å². The average molecular weight is 386 g/mol. The topological polar surface area (TPSA) is 87.9 Å². The molecule has 0 radical (unpaired) electrons. The minimum Gasteiger partial charge on any atom is -0.490 e. The Kier molecular flexibility index (Phi) is 8.39. The van der Waals surface area contributed by atoms with E-state index in [1.807, 2.05) is 25.1 Å². The smallest absolute Gasteiger partial charge is 0.239 e. The summed E-state index contributed by atoms with van der Waals surface area (Å²) in [6.07, 6.45) is 2.67. The number of rotatable bonds is 9. The molecule has 7 nitrogen and oxygen atoms in total. The van der Waals surface area contributed by atoms with Crippen molar-refractivity contribution in [2.45, 2.75) is 46.4 Å². The van der Waals surface area contributed by atoms with Crippen LogP contribution in [0.3, 0.4) is 0 Å². The molecule has 1 amide bonds. The van der Waals surface area contributed by atoms with E-state index in [9.17, 15) is 4.79 Å². The molecule has 1 aromatic carbocycles. The van der Waals surface area contributed by atoms with Crippen LogP contribution in [-0.2, 0) is 17.9 Å². The van der Waals surface area contributed by atoms with Gasteiger partial charge in [-0.15, -0.1) is 0 Å². The number of carbonyl (C=O) groups excluding carboxylic acids is 1. The second-order valence-electron chi connectivity index (χ2n) is 6.58. The van der Waals surface area contributed by atoms with E-state index in [2.05, 4.69) is 40.9 Å². The molecule has 152 valence electrons. The molecule has 0 aliphatic rings. The number of aliphatic imine (C=N–C) groups is 1. The van der Waals surface area contributed by atoms with Crippen molar-refractivity contribution in [3.05, 3.63) is 53.5 Å². The van der Waals surface area contributed by atoms with Gasteiger partial charge in [0.1, 0.15) is 11.5 Å². The van der Waals surface area contributed by atoms with Crippen LogP contribution >= 0.6 is 0 Å². The van der Waals surface area contributed by atoms with E-state index in [4.69, 9.17) is 9.15 Å². The molecule has 2 rings (SSSR count). The molecular formula is C21H30N4O3. The summed E-state index contributed by atoms with van der Waals surface area (Å²) in [5.41, 5.74) is 2.19. The average Bonchev–Trinajstić information content (AvgIpc) is 3.21. The Hall–Kier alpha value is -2.96. The van der Waals surface area contributed by atoms with Crippen LogP contribution in [0.2, 0.25) is 0 Å². The first kappa shape index (κ1) is 21.3. The molecule has 1 atom stereocenters. The number of furan rings is 1. The molecule has 28 heavy (non-hydrogen) atoms. The van der Waals surface area contributed by atoms with Crippen molar-refractivity contribution in [3.63, 3.8) is 0 Å². The molecule has 1 unspecified atom stereocenters. The SMILES string of the molecule is CCC(C)Oc1cc(C)ccc1CNC(=NC)NCC(=O)NCc1ccco1. The number of nitrogens with zero attached hydrogens (tertiary/aromatic N) is 1. The third-order valence-corrected chi connectivity index (χ3v) is 4.25. The first-order valence-electron chi connectivity index (χ1n) is 9.51. The largest absolute Gasteiger partial charge is 0.490 e. The van der Waals surface area contributed by atoms with Gasteiger partial charge in [-0.1, -0.05) is 19.1 Å². The van der Waals surface area contributed by atoms with Gasteiger partial charge >= 0.3 is 0 Å². The summed E-state index contributed by atoms with van der Waals surface area (Å²) in [6, 6.07) is 9.74. The van der Waals surface area contributed by atoms with E-state index in [0.717, 1.165) is 23.3 Å². The number of benzene rings is 1. The van der Waals surface area contributed by atoms with E-state index in [0.29, 0.717) is 24.8 Å². The van der Waals surface area contributed by atoms with Crippen LogP contribution in [0.5, 0.6) is 5.75 Å². The van der Waals surface area contributed by atoms with E-state index in [-0.39, 0.29) is 18.6 Å². The van der Waals surface area contributed by atoms with Crippen LogP contribution in [0, 0.1) is 6.92 Å². The molecule has 0 spiro atoms. The Morgan fingerprint density at radius 1 is 1.21 bits per heavy atom. The second-order valence-corrected chi connectivity index (χ2v) is 6.58. The summed E-state index contributed by atoms with van der Waals surface area (Å²) in [5.74, 6) is 1.98. The third-order valence-electron chi connectivity index (χ3n) is 4.25. The number of ether oxygens (including phenoxy) is 1. The highest BCUT2D eigenvalue weighted by molar-refractivity contribution is 5.86. The predicted octanol–water partition coefficient (Wildman–Crippen LogP) is 2.75. The maximum absolute atomic E-state index is 12.0. The van der Waals surface area contributed by atoms with Crippen LogP contribution in [-0.4, -0.2) is 31.6 Å². The van der Waals surface area contributed by atoms with Gasteiger partial charge in [-0.2, -0.15) is 0 Å². The van der Waals surface area contributed by atoms with Crippen molar-refractivity contribution < 1.29 is 13.9 Å². The number of hydrogen-bond acceptors (Lipinski definition) is 4. The summed E-state index contributed by atoms with van der Waals surface area (Å²) in [5, 5.41) is 9.01. The molecule has 1 aromatic heterocycles. The third kappa shape index (κ3) is 6.98. The molecule has 1 heterocycles. The predicted molar refractivity (Wildman–Crippen MR) is 110 cm³/mol. The zero-order valence-corrected chi connectivity index (χ0v) is 17.0. The highest BCUT2D eigenvalue weighted by Gasteiger charge is 2.09. The van der Waals surface area contributed by atoms with E-state index >= 15 is 0 Å². The minimum atomic E-state index is -0.143. The summed E-state index contributed by atoms with van der Waals surface area (Å²) in [4.78, 5) is 16.1. The van der Waals surface area contributed by atoms with Gasteiger partial charge in [-0.3, -0.25) is 9.79 Å². The molecule has 0 aliphatic carbocycles. The number of hydrogen-bond donors (Lipinski definition) is 3. The van der Waals surface area contributed by atoms with Gasteiger partial charge in [0, 0.05) is 19.2 Å². The normalized spacial score (nSPS) is 12.4. The van der Waals surface area contributed by atoms with Gasteiger partial charge in [0.25, 0.3) is 0 Å². The van der Waals surface area contributed by atoms with Crippen LogP contribution in [0.25, 0.3) is 0 Å². The van der Waals surface area contributed by atoms with Crippen molar-refractivity contribution in [3.8, 4) is 5.75 Å². The van der Waals surface area contributed by atoms with Crippen molar-refractivity contribution >= 4 is 11.9 Å². The first-order chi connectivity index (χ1) is 13.5. The Labute approximate surface area is 166 Å². The van der Waals surface area contributed by atoms with Crippen LogP contribution in [0.1, 0.15) is 37.2 Å². The van der Waals surface area contributed by atoms with Gasteiger partial charge in [0.05, 0.1) is 25.5 Å². The molecule has 0 fully saturated rings. The van der Waals surface area contributed by atoms with Crippen molar-refractivity contribution in [2.75, 3.05) is 13.6 Å². The van der Waals surface area contributed by atoms with Gasteiger partial charge < -0.3 is 25.1 Å². The quantitative estimate of drug-likeness (QED) is 0.456.